The van der Waals surface area contributed by atoms with Crippen molar-refractivity contribution >= 4 is 11.6 Å². The molecule has 0 aliphatic heterocycles. The second-order valence-electron chi connectivity index (χ2n) is 3.20. The Morgan fingerprint density at radius 2 is 2.64 bits per heavy atom. The number of rotatable bonds is 2. The molecule has 0 aromatic carbocycles. The van der Waals surface area contributed by atoms with Crippen LogP contribution in [0.25, 0.3) is 0 Å². The molecule has 60 valence electrons. The van der Waals surface area contributed by atoms with Crippen LogP contribution in [0.5, 0.6) is 0 Å². The van der Waals surface area contributed by atoms with Crippen LogP contribution < -0.4 is 0 Å². The van der Waals surface area contributed by atoms with E-state index in [9.17, 15) is 0 Å². The van der Waals surface area contributed by atoms with Gasteiger partial charge in [0.1, 0.15) is 0 Å². The summed E-state index contributed by atoms with van der Waals surface area (Å²) >= 11 is 5.72. The highest BCUT2D eigenvalue weighted by Crippen LogP contribution is 2.47. The quantitative estimate of drug-likeness (QED) is 0.619. The van der Waals surface area contributed by atoms with Crippen molar-refractivity contribution in [3.8, 4) is 0 Å². The average Bonchev–Trinajstić information content (AvgIpc) is 2.68. The largest absolute Gasteiger partial charge is 0.276 e. The van der Waals surface area contributed by atoms with Crippen molar-refractivity contribution < 1.29 is 0 Å². The molecule has 0 N–H and O–H groups in total. The van der Waals surface area contributed by atoms with Crippen LogP contribution in [0.15, 0.2) is 12.4 Å². The summed E-state index contributed by atoms with van der Waals surface area (Å²) in [4.78, 5) is 0. The van der Waals surface area contributed by atoms with Gasteiger partial charge in [-0.3, -0.25) is 4.68 Å². The molecular formula is C8H11ClN2. The molecule has 1 aliphatic rings. The Morgan fingerprint density at radius 3 is 3.09 bits per heavy atom. The van der Waals surface area contributed by atoms with Gasteiger partial charge in [-0.05, 0) is 23.8 Å². The Balaban J connectivity index is 2.08. The van der Waals surface area contributed by atoms with E-state index in [0.717, 1.165) is 5.88 Å². The minimum Gasteiger partial charge on any atom is -0.276 e. The van der Waals surface area contributed by atoms with E-state index in [0.29, 0.717) is 11.8 Å². The zero-order chi connectivity index (χ0) is 7.84. The van der Waals surface area contributed by atoms with Gasteiger partial charge < -0.3 is 0 Å². The highest BCUT2D eigenvalue weighted by atomic mass is 35.5. The first-order valence-electron chi connectivity index (χ1n) is 3.85. The van der Waals surface area contributed by atoms with E-state index < -0.39 is 0 Å². The maximum absolute atomic E-state index is 5.72. The SMILES string of the molecule is Cn1cc(C2CC2CCl)cn1. The van der Waals surface area contributed by atoms with Crippen LogP contribution in [0.4, 0.5) is 0 Å². The number of aryl methyl sites for hydroxylation is 1. The molecule has 2 unspecified atom stereocenters. The van der Waals surface area contributed by atoms with Crippen molar-refractivity contribution in [3.05, 3.63) is 18.0 Å². The molecule has 1 heterocycles. The third-order valence-corrected chi connectivity index (χ3v) is 2.67. The molecule has 1 aliphatic carbocycles. The Hall–Kier alpha value is -0.500. The third kappa shape index (κ3) is 1.27. The molecule has 2 rings (SSSR count). The van der Waals surface area contributed by atoms with E-state index >= 15 is 0 Å². The molecule has 1 aromatic rings. The average molecular weight is 171 g/mol. The number of halogens is 1. The fraction of sp³-hybridized carbons (Fsp3) is 0.625. The van der Waals surface area contributed by atoms with Gasteiger partial charge in [0.25, 0.3) is 0 Å². The minimum absolute atomic E-state index is 0.696. The van der Waals surface area contributed by atoms with Crippen molar-refractivity contribution in [3.63, 3.8) is 0 Å². The lowest BCUT2D eigenvalue weighted by Gasteiger charge is -1.89. The van der Waals surface area contributed by atoms with Crippen LogP contribution in [0.3, 0.4) is 0 Å². The zero-order valence-corrected chi connectivity index (χ0v) is 7.25. The second kappa shape index (κ2) is 2.52. The van der Waals surface area contributed by atoms with Gasteiger partial charge >= 0.3 is 0 Å². The summed E-state index contributed by atoms with van der Waals surface area (Å²) < 4.78 is 1.85. The lowest BCUT2D eigenvalue weighted by atomic mass is 10.2. The van der Waals surface area contributed by atoms with E-state index in [1.807, 2.05) is 17.9 Å². The van der Waals surface area contributed by atoms with Gasteiger partial charge in [0.2, 0.25) is 0 Å². The number of hydrogen-bond acceptors (Lipinski definition) is 1. The molecule has 11 heavy (non-hydrogen) atoms. The number of aromatic nitrogens is 2. The third-order valence-electron chi connectivity index (χ3n) is 2.27. The maximum atomic E-state index is 5.72. The molecule has 0 radical (unpaired) electrons. The summed E-state index contributed by atoms with van der Waals surface area (Å²) in [5.41, 5.74) is 1.35. The van der Waals surface area contributed by atoms with Gasteiger partial charge in [0.15, 0.2) is 0 Å². The van der Waals surface area contributed by atoms with E-state index in [4.69, 9.17) is 11.6 Å². The van der Waals surface area contributed by atoms with E-state index in [2.05, 4.69) is 11.3 Å². The van der Waals surface area contributed by atoms with E-state index in [1.54, 1.807) is 0 Å². The van der Waals surface area contributed by atoms with Crippen molar-refractivity contribution in [2.75, 3.05) is 5.88 Å². The van der Waals surface area contributed by atoms with Crippen molar-refractivity contribution in [1.29, 1.82) is 0 Å². The van der Waals surface area contributed by atoms with E-state index in [-0.39, 0.29) is 0 Å². The van der Waals surface area contributed by atoms with Gasteiger partial charge in [0.05, 0.1) is 6.20 Å². The Labute approximate surface area is 71.2 Å². The predicted molar refractivity (Wildman–Crippen MR) is 44.8 cm³/mol. The first kappa shape index (κ1) is 7.17. The molecule has 0 bridgehead atoms. The molecule has 1 fully saturated rings. The summed E-state index contributed by atoms with van der Waals surface area (Å²) in [5.74, 6) is 2.20. The van der Waals surface area contributed by atoms with Crippen LogP contribution in [0.2, 0.25) is 0 Å². The van der Waals surface area contributed by atoms with Crippen molar-refractivity contribution in [1.82, 2.24) is 9.78 Å². The van der Waals surface area contributed by atoms with Crippen LogP contribution in [0, 0.1) is 5.92 Å². The van der Waals surface area contributed by atoms with Crippen LogP contribution in [-0.2, 0) is 7.05 Å². The summed E-state index contributed by atoms with van der Waals surface area (Å²) in [6.45, 7) is 0. The standard InChI is InChI=1S/C8H11ClN2/c1-11-5-7(4-10-11)8-2-6(8)3-9/h4-6,8H,2-3H2,1H3. The monoisotopic (exact) mass is 170 g/mol. The Kier molecular flexibility index (Phi) is 1.64. The minimum atomic E-state index is 0.696. The molecule has 1 saturated carbocycles. The molecule has 2 nitrogen and oxygen atoms in total. The molecular weight excluding hydrogens is 160 g/mol. The van der Waals surface area contributed by atoms with Crippen LogP contribution in [-0.4, -0.2) is 15.7 Å². The van der Waals surface area contributed by atoms with E-state index in [1.165, 1.54) is 12.0 Å². The van der Waals surface area contributed by atoms with Gasteiger partial charge in [-0.2, -0.15) is 5.10 Å². The highest BCUT2D eigenvalue weighted by Gasteiger charge is 2.37. The summed E-state index contributed by atoms with van der Waals surface area (Å²) in [7, 11) is 1.95. The van der Waals surface area contributed by atoms with Crippen LogP contribution in [0.1, 0.15) is 17.9 Å². The normalized spacial score (nSPS) is 28.9. The predicted octanol–water partition coefficient (Wildman–Crippen LogP) is 1.76. The van der Waals surface area contributed by atoms with Crippen LogP contribution >= 0.6 is 11.6 Å². The van der Waals surface area contributed by atoms with Gasteiger partial charge in [-0.15, -0.1) is 11.6 Å². The van der Waals surface area contributed by atoms with Crippen molar-refractivity contribution in [2.45, 2.75) is 12.3 Å². The fourth-order valence-corrected chi connectivity index (χ4v) is 1.80. The smallest absolute Gasteiger partial charge is 0.0524 e. The first-order valence-corrected chi connectivity index (χ1v) is 4.39. The summed E-state index contributed by atoms with van der Waals surface area (Å²) in [6.07, 6.45) is 5.27. The fourth-order valence-electron chi connectivity index (χ4n) is 1.46. The molecule has 2 atom stereocenters. The van der Waals surface area contributed by atoms with Gasteiger partial charge in [-0.25, -0.2) is 0 Å². The number of hydrogen-bond donors (Lipinski definition) is 0. The molecule has 1 aromatic heterocycles. The molecule has 0 saturated heterocycles. The van der Waals surface area contributed by atoms with Gasteiger partial charge in [0, 0.05) is 19.1 Å². The molecule has 0 amide bonds. The lowest BCUT2D eigenvalue weighted by molar-refractivity contribution is 0.766. The Morgan fingerprint density at radius 1 is 1.82 bits per heavy atom. The topological polar surface area (TPSA) is 17.8 Å². The first-order chi connectivity index (χ1) is 5.31. The lowest BCUT2D eigenvalue weighted by Crippen LogP contribution is -1.85. The number of alkyl halides is 1. The zero-order valence-electron chi connectivity index (χ0n) is 6.50. The second-order valence-corrected chi connectivity index (χ2v) is 3.51. The summed E-state index contributed by atoms with van der Waals surface area (Å²) in [6, 6.07) is 0. The Bertz CT molecular complexity index is 256. The molecule has 3 heteroatoms. The highest BCUT2D eigenvalue weighted by molar-refractivity contribution is 6.18. The van der Waals surface area contributed by atoms with Gasteiger partial charge in [-0.1, -0.05) is 0 Å². The maximum Gasteiger partial charge on any atom is 0.0524 e. The van der Waals surface area contributed by atoms with Crippen molar-refractivity contribution in [2.24, 2.45) is 13.0 Å². The summed E-state index contributed by atoms with van der Waals surface area (Å²) in [5, 5.41) is 4.12. The molecule has 0 spiro atoms. The number of nitrogens with zero attached hydrogens (tertiary/aromatic N) is 2.